The van der Waals surface area contributed by atoms with Crippen molar-refractivity contribution in [3.8, 4) is 0 Å². The molecule has 19 heavy (non-hydrogen) atoms. The van der Waals surface area contributed by atoms with E-state index in [1.54, 1.807) is 7.11 Å². The molecule has 0 aromatic carbocycles. The summed E-state index contributed by atoms with van der Waals surface area (Å²) in [4.78, 5) is 23.2. The van der Waals surface area contributed by atoms with E-state index in [-0.39, 0.29) is 17.9 Å². The molecule has 1 aliphatic rings. The summed E-state index contributed by atoms with van der Waals surface area (Å²) in [5, 5.41) is 5.54. The van der Waals surface area contributed by atoms with Gasteiger partial charge in [0.05, 0.1) is 12.6 Å². The molecule has 0 aliphatic carbocycles. The molecule has 0 aromatic rings. The largest absolute Gasteiger partial charge is 0.444 e. The van der Waals surface area contributed by atoms with Gasteiger partial charge < -0.3 is 20.1 Å². The summed E-state index contributed by atoms with van der Waals surface area (Å²) in [6, 6.07) is -0.214. The Bertz CT molecular complexity index is 325. The molecule has 1 rings (SSSR count). The summed E-state index contributed by atoms with van der Waals surface area (Å²) >= 11 is 0. The molecule has 0 spiro atoms. The lowest BCUT2D eigenvalue weighted by molar-refractivity contribution is -0.122. The number of methoxy groups -OCH3 is 1. The zero-order valence-corrected chi connectivity index (χ0v) is 12.1. The van der Waals surface area contributed by atoms with Gasteiger partial charge in [0.1, 0.15) is 5.60 Å². The molecule has 0 saturated carbocycles. The van der Waals surface area contributed by atoms with Crippen LogP contribution in [0.15, 0.2) is 0 Å². The molecular formula is C13H24N2O4. The number of hydrogen-bond donors (Lipinski definition) is 2. The van der Waals surface area contributed by atoms with Crippen molar-refractivity contribution >= 4 is 12.0 Å². The Labute approximate surface area is 114 Å². The first-order valence-corrected chi connectivity index (χ1v) is 6.58. The Morgan fingerprint density at radius 1 is 1.53 bits per heavy atom. The second-order valence-electron chi connectivity index (χ2n) is 5.81. The summed E-state index contributed by atoms with van der Waals surface area (Å²) in [6.07, 6.45) is 0.890. The molecule has 110 valence electrons. The van der Waals surface area contributed by atoms with Crippen LogP contribution >= 0.6 is 0 Å². The Hall–Kier alpha value is -1.30. The van der Waals surface area contributed by atoms with Crippen LogP contribution < -0.4 is 10.6 Å². The number of alkyl carbamates (subject to hydrolysis) is 1. The van der Waals surface area contributed by atoms with Crippen LogP contribution in [0.4, 0.5) is 4.79 Å². The molecule has 0 unspecified atom stereocenters. The number of amides is 2. The highest BCUT2D eigenvalue weighted by Crippen LogP contribution is 2.17. The highest BCUT2D eigenvalue weighted by atomic mass is 16.6. The predicted octanol–water partition coefficient (Wildman–Crippen LogP) is 1.05. The van der Waals surface area contributed by atoms with Gasteiger partial charge >= 0.3 is 6.09 Å². The molecule has 1 saturated heterocycles. The standard InChI is InChI=1S/C13H24N2O4/c1-13(2,3)19-12(17)15-10(8-18-4)7-9-5-6-14-11(9)16/h9-10H,5-8H2,1-4H3,(H,14,16)(H,15,17)/t9-,10-/m0/s1. The number of carbonyl (C=O) groups excluding carboxylic acids is 2. The van der Waals surface area contributed by atoms with Crippen molar-refractivity contribution in [2.24, 2.45) is 5.92 Å². The van der Waals surface area contributed by atoms with Crippen LogP contribution in [0.1, 0.15) is 33.6 Å². The molecule has 1 heterocycles. The number of rotatable bonds is 5. The minimum Gasteiger partial charge on any atom is -0.444 e. The molecular weight excluding hydrogens is 248 g/mol. The van der Waals surface area contributed by atoms with E-state index in [0.29, 0.717) is 19.6 Å². The SMILES string of the molecule is COC[C@H](C[C@@H]1CCNC1=O)NC(=O)OC(C)(C)C. The van der Waals surface area contributed by atoms with Gasteiger partial charge in [0.15, 0.2) is 0 Å². The van der Waals surface area contributed by atoms with E-state index >= 15 is 0 Å². The van der Waals surface area contributed by atoms with Gasteiger partial charge in [-0.25, -0.2) is 4.79 Å². The van der Waals surface area contributed by atoms with Crippen molar-refractivity contribution in [3.05, 3.63) is 0 Å². The third-order valence-electron chi connectivity index (χ3n) is 2.82. The minimum atomic E-state index is -0.535. The molecule has 2 amide bonds. The molecule has 1 aliphatic heterocycles. The molecule has 6 nitrogen and oxygen atoms in total. The van der Waals surface area contributed by atoms with Crippen LogP contribution in [-0.2, 0) is 14.3 Å². The van der Waals surface area contributed by atoms with E-state index in [0.717, 1.165) is 6.42 Å². The quantitative estimate of drug-likeness (QED) is 0.784. The summed E-state index contributed by atoms with van der Waals surface area (Å²) < 4.78 is 10.3. The van der Waals surface area contributed by atoms with E-state index in [4.69, 9.17) is 9.47 Å². The maximum absolute atomic E-state index is 11.7. The molecule has 0 radical (unpaired) electrons. The maximum Gasteiger partial charge on any atom is 0.407 e. The molecule has 6 heteroatoms. The van der Waals surface area contributed by atoms with Crippen LogP contribution in [0.5, 0.6) is 0 Å². The summed E-state index contributed by atoms with van der Waals surface area (Å²) in [6.45, 7) is 6.49. The fourth-order valence-corrected chi connectivity index (χ4v) is 2.06. The molecule has 0 aromatic heterocycles. The van der Waals surface area contributed by atoms with Gasteiger partial charge in [0.25, 0.3) is 0 Å². The van der Waals surface area contributed by atoms with E-state index < -0.39 is 11.7 Å². The van der Waals surface area contributed by atoms with Crippen LogP contribution in [0.3, 0.4) is 0 Å². The predicted molar refractivity (Wildman–Crippen MR) is 70.8 cm³/mol. The summed E-state index contributed by atoms with van der Waals surface area (Å²) in [5.41, 5.74) is -0.535. The first-order valence-electron chi connectivity index (χ1n) is 6.58. The summed E-state index contributed by atoms with van der Waals surface area (Å²) in [7, 11) is 1.57. The Morgan fingerprint density at radius 3 is 2.68 bits per heavy atom. The van der Waals surface area contributed by atoms with Crippen molar-refractivity contribution in [1.29, 1.82) is 0 Å². The first-order chi connectivity index (χ1) is 8.81. The second kappa shape index (κ2) is 6.75. The topological polar surface area (TPSA) is 76.7 Å². The number of nitrogens with one attached hydrogen (secondary N) is 2. The number of ether oxygens (including phenoxy) is 2. The number of carbonyl (C=O) groups is 2. The number of hydrogen-bond acceptors (Lipinski definition) is 4. The van der Waals surface area contributed by atoms with Gasteiger partial charge in [0.2, 0.25) is 5.91 Å². The second-order valence-corrected chi connectivity index (χ2v) is 5.81. The van der Waals surface area contributed by atoms with Gasteiger partial charge in [-0.1, -0.05) is 0 Å². The van der Waals surface area contributed by atoms with Crippen LogP contribution in [0, 0.1) is 5.92 Å². The lowest BCUT2D eigenvalue weighted by Gasteiger charge is -2.24. The zero-order chi connectivity index (χ0) is 14.5. The average Bonchev–Trinajstić information content (AvgIpc) is 2.61. The molecule has 0 bridgehead atoms. The summed E-state index contributed by atoms with van der Waals surface area (Å²) in [5.74, 6) is -0.0119. The van der Waals surface area contributed by atoms with E-state index in [2.05, 4.69) is 10.6 Å². The maximum atomic E-state index is 11.7. The van der Waals surface area contributed by atoms with Gasteiger partial charge in [-0.05, 0) is 33.6 Å². The van der Waals surface area contributed by atoms with E-state index in [1.165, 1.54) is 0 Å². The van der Waals surface area contributed by atoms with Crippen molar-refractivity contribution in [1.82, 2.24) is 10.6 Å². The molecule has 2 atom stereocenters. The van der Waals surface area contributed by atoms with Crippen LogP contribution in [0.25, 0.3) is 0 Å². The Balaban J connectivity index is 2.47. The van der Waals surface area contributed by atoms with Crippen LogP contribution in [0.2, 0.25) is 0 Å². The van der Waals surface area contributed by atoms with E-state index in [9.17, 15) is 9.59 Å². The lowest BCUT2D eigenvalue weighted by atomic mass is 9.99. The highest BCUT2D eigenvalue weighted by Gasteiger charge is 2.28. The van der Waals surface area contributed by atoms with E-state index in [1.807, 2.05) is 20.8 Å². The highest BCUT2D eigenvalue weighted by molar-refractivity contribution is 5.80. The zero-order valence-electron chi connectivity index (χ0n) is 12.1. The van der Waals surface area contributed by atoms with Gasteiger partial charge in [-0.3, -0.25) is 4.79 Å². The van der Waals surface area contributed by atoms with Crippen molar-refractivity contribution in [2.75, 3.05) is 20.3 Å². The Kier molecular flexibility index (Phi) is 5.60. The van der Waals surface area contributed by atoms with Crippen molar-refractivity contribution in [2.45, 2.75) is 45.3 Å². The minimum absolute atomic E-state index is 0.0482. The van der Waals surface area contributed by atoms with Crippen molar-refractivity contribution in [3.63, 3.8) is 0 Å². The fourth-order valence-electron chi connectivity index (χ4n) is 2.06. The smallest absolute Gasteiger partial charge is 0.407 e. The van der Waals surface area contributed by atoms with Crippen molar-refractivity contribution < 1.29 is 19.1 Å². The van der Waals surface area contributed by atoms with Gasteiger partial charge in [0, 0.05) is 19.6 Å². The molecule has 2 N–H and O–H groups in total. The normalized spacial score (nSPS) is 20.8. The monoisotopic (exact) mass is 272 g/mol. The van der Waals surface area contributed by atoms with Crippen LogP contribution in [-0.4, -0.2) is 43.9 Å². The average molecular weight is 272 g/mol. The first kappa shape index (κ1) is 15.8. The van der Waals surface area contributed by atoms with Gasteiger partial charge in [-0.2, -0.15) is 0 Å². The third-order valence-corrected chi connectivity index (χ3v) is 2.82. The third kappa shape index (κ3) is 5.92. The van der Waals surface area contributed by atoms with Gasteiger partial charge in [-0.15, -0.1) is 0 Å². The Morgan fingerprint density at radius 2 is 2.21 bits per heavy atom. The molecule has 1 fully saturated rings. The lowest BCUT2D eigenvalue weighted by Crippen LogP contribution is -2.43. The fraction of sp³-hybridized carbons (Fsp3) is 0.846.